The van der Waals surface area contributed by atoms with E-state index >= 15 is 0 Å². The summed E-state index contributed by atoms with van der Waals surface area (Å²) >= 11 is 0. The lowest BCUT2D eigenvalue weighted by Crippen LogP contribution is -2.39. The number of nitrogens with zero attached hydrogens (tertiary/aromatic N) is 1. The van der Waals surface area contributed by atoms with Gasteiger partial charge >= 0.3 is 0 Å². The van der Waals surface area contributed by atoms with E-state index in [1.807, 2.05) is 42.5 Å². The third kappa shape index (κ3) is 5.00. The van der Waals surface area contributed by atoms with E-state index in [0.29, 0.717) is 42.3 Å². The maximum absolute atomic E-state index is 12.5. The summed E-state index contributed by atoms with van der Waals surface area (Å²) < 4.78 is 16.5. The number of carbonyl (C=O) groups excluding carboxylic acids is 2. The van der Waals surface area contributed by atoms with Crippen LogP contribution in [0.15, 0.2) is 72.8 Å². The second-order valence-corrected chi connectivity index (χ2v) is 7.21. The molecule has 0 saturated carbocycles. The number of benzene rings is 3. The van der Waals surface area contributed by atoms with Gasteiger partial charge in [0.05, 0.1) is 19.4 Å². The molecule has 0 saturated heterocycles. The predicted molar refractivity (Wildman–Crippen MR) is 122 cm³/mol. The van der Waals surface area contributed by atoms with Gasteiger partial charge in [0, 0.05) is 17.8 Å². The molecule has 0 atom stereocenters. The standard InChI is InChI=1S/C25H24N2O5/c1-30-20-9-11-21(12-10-20)31-15-5-14-27-22-16-19(8-13-23(22)32-17-24(27)28)26-25(29)18-6-3-2-4-7-18/h2-4,6-13,16H,5,14-15,17H2,1H3,(H,26,29). The third-order valence-corrected chi connectivity index (χ3v) is 5.05. The van der Waals surface area contributed by atoms with Crippen LogP contribution in [0.3, 0.4) is 0 Å². The van der Waals surface area contributed by atoms with Crippen LogP contribution in [0.2, 0.25) is 0 Å². The lowest BCUT2D eigenvalue weighted by Gasteiger charge is -2.30. The summed E-state index contributed by atoms with van der Waals surface area (Å²) in [5, 5.41) is 2.87. The number of carbonyl (C=O) groups is 2. The Hall–Kier alpha value is -4.00. The first kappa shape index (κ1) is 21.2. The van der Waals surface area contributed by atoms with Crippen LogP contribution in [0.25, 0.3) is 0 Å². The zero-order valence-electron chi connectivity index (χ0n) is 17.7. The summed E-state index contributed by atoms with van der Waals surface area (Å²) in [6.07, 6.45) is 0.637. The van der Waals surface area contributed by atoms with E-state index in [1.165, 1.54) is 0 Å². The van der Waals surface area contributed by atoms with Crippen LogP contribution in [-0.4, -0.2) is 38.7 Å². The molecule has 0 radical (unpaired) electrons. The Labute approximate surface area is 186 Å². The summed E-state index contributed by atoms with van der Waals surface area (Å²) in [6.45, 7) is 0.917. The maximum Gasteiger partial charge on any atom is 0.265 e. The molecule has 0 spiro atoms. The minimum absolute atomic E-state index is 0.0118. The van der Waals surface area contributed by atoms with Crippen molar-refractivity contribution < 1.29 is 23.8 Å². The molecule has 4 rings (SSSR count). The quantitative estimate of drug-likeness (QED) is 0.542. The van der Waals surface area contributed by atoms with Crippen molar-refractivity contribution in [3.8, 4) is 17.2 Å². The minimum atomic E-state index is -0.215. The average molecular weight is 432 g/mol. The van der Waals surface area contributed by atoms with Gasteiger partial charge in [0.15, 0.2) is 6.61 Å². The van der Waals surface area contributed by atoms with Crippen LogP contribution in [0.1, 0.15) is 16.8 Å². The Morgan fingerprint density at radius 1 is 1.03 bits per heavy atom. The molecule has 32 heavy (non-hydrogen) atoms. The molecule has 0 aliphatic carbocycles. The fourth-order valence-corrected chi connectivity index (χ4v) is 3.40. The topological polar surface area (TPSA) is 77.1 Å². The molecule has 0 fully saturated rings. The first-order valence-electron chi connectivity index (χ1n) is 10.3. The Kier molecular flexibility index (Phi) is 6.55. The van der Waals surface area contributed by atoms with Crippen LogP contribution < -0.4 is 24.4 Å². The van der Waals surface area contributed by atoms with E-state index in [-0.39, 0.29) is 18.4 Å². The van der Waals surface area contributed by atoms with Crippen molar-refractivity contribution in [1.82, 2.24) is 0 Å². The fraction of sp³-hybridized carbons (Fsp3) is 0.200. The predicted octanol–water partition coefficient (Wildman–Crippen LogP) is 4.14. The molecule has 3 aromatic carbocycles. The molecule has 0 aromatic heterocycles. The van der Waals surface area contributed by atoms with Gasteiger partial charge < -0.3 is 24.4 Å². The molecule has 164 valence electrons. The van der Waals surface area contributed by atoms with Crippen molar-refractivity contribution in [2.75, 3.05) is 37.1 Å². The molecular weight excluding hydrogens is 408 g/mol. The Bertz CT molecular complexity index is 1080. The largest absolute Gasteiger partial charge is 0.497 e. The van der Waals surface area contributed by atoms with E-state index < -0.39 is 0 Å². The van der Waals surface area contributed by atoms with E-state index in [1.54, 1.807) is 42.3 Å². The average Bonchev–Trinajstić information content (AvgIpc) is 2.84. The Balaban J connectivity index is 1.39. The van der Waals surface area contributed by atoms with Gasteiger partial charge in [-0.25, -0.2) is 0 Å². The number of rotatable bonds is 8. The van der Waals surface area contributed by atoms with Crippen molar-refractivity contribution in [2.24, 2.45) is 0 Å². The highest BCUT2D eigenvalue weighted by atomic mass is 16.5. The molecule has 3 aromatic rings. The molecule has 1 aliphatic heterocycles. The monoisotopic (exact) mass is 432 g/mol. The molecule has 1 N–H and O–H groups in total. The van der Waals surface area contributed by atoms with Gasteiger partial charge in [-0.15, -0.1) is 0 Å². The van der Waals surface area contributed by atoms with Crippen molar-refractivity contribution in [1.29, 1.82) is 0 Å². The van der Waals surface area contributed by atoms with Gasteiger partial charge in [-0.2, -0.15) is 0 Å². The van der Waals surface area contributed by atoms with Crippen LogP contribution in [0.5, 0.6) is 17.2 Å². The number of methoxy groups -OCH3 is 1. The molecule has 7 nitrogen and oxygen atoms in total. The van der Waals surface area contributed by atoms with Gasteiger partial charge in [-0.05, 0) is 61.0 Å². The maximum atomic E-state index is 12.5. The van der Waals surface area contributed by atoms with Crippen LogP contribution >= 0.6 is 0 Å². The summed E-state index contributed by atoms with van der Waals surface area (Å²) in [6, 6.07) is 21.6. The first-order valence-corrected chi connectivity index (χ1v) is 10.3. The second-order valence-electron chi connectivity index (χ2n) is 7.21. The molecule has 2 amide bonds. The molecule has 0 unspecified atom stereocenters. The van der Waals surface area contributed by atoms with Gasteiger partial charge in [0.2, 0.25) is 0 Å². The molecule has 7 heteroatoms. The molecule has 0 bridgehead atoms. The van der Waals surface area contributed by atoms with Crippen LogP contribution in [0.4, 0.5) is 11.4 Å². The van der Waals surface area contributed by atoms with E-state index in [2.05, 4.69) is 5.32 Å². The highest BCUT2D eigenvalue weighted by molar-refractivity contribution is 6.05. The van der Waals surface area contributed by atoms with Crippen molar-refractivity contribution in [3.63, 3.8) is 0 Å². The van der Waals surface area contributed by atoms with Gasteiger partial charge in [0.1, 0.15) is 17.2 Å². The SMILES string of the molecule is COc1ccc(OCCCN2C(=O)COc3ccc(NC(=O)c4ccccc4)cc32)cc1. The summed E-state index contributed by atoms with van der Waals surface area (Å²) in [5.41, 5.74) is 1.79. The number of hydrogen-bond acceptors (Lipinski definition) is 5. The summed E-state index contributed by atoms with van der Waals surface area (Å²) in [5.74, 6) is 1.77. The highest BCUT2D eigenvalue weighted by Gasteiger charge is 2.25. The normalized spacial score (nSPS) is 12.5. The van der Waals surface area contributed by atoms with E-state index in [9.17, 15) is 9.59 Å². The lowest BCUT2D eigenvalue weighted by molar-refractivity contribution is -0.121. The Morgan fingerprint density at radius 3 is 2.53 bits per heavy atom. The number of amides is 2. The van der Waals surface area contributed by atoms with Crippen molar-refractivity contribution in [3.05, 3.63) is 78.4 Å². The zero-order chi connectivity index (χ0) is 22.3. The fourth-order valence-electron chi connectivity index (χ4n) is 3.40. The van der Waals surface area contributed by atoms with Gasteiger partial charge in [-0.1, -0.05) is 18.2 Å². The number of anilines is 2. The number of nitrogens with one attached hydrogen (secondary N) is 1. The summed E-state index contributed by atoms with van der Waals surface area (Å²) in [7, 11) is 1.62. The van der Waals surface area contributed by atoms with Crippen LogP contribution in [-0.2, 0) is 4.79 Å². The minimum Gasteiger partial charge on any atom is -0.497 e. The van der Waals surface area contributed by atoms with Crippen molar-refractivity contribution in [2.45, 2.75) is 6.42 Å². The zero-order valence-corrected chi connectivity index (χ0v) is 17.7. The second kappa shape index (κ2) is 9.87. The molecule has 1 aliphatic rings. The molecule has 1 heterocycles. The summed E-state index contributed by atoms with van der Waals surface area (Å²) in [4.78, 5) is 26.6. The highest BCUT2D eigenvalue weighted by Crippen LogP contribution is 2.35. The smallest absolute Gasteiger partial charge is 0.265 e. The lowest BCUT2D eigenvalue weighted by atomic mass is 10.1. The number of fused-ring (bicyclic) bond motifs is 1. The Morgan fingerprint density at radius 2 is 1.78 bits per heavy atom. The van der Waals surface area contributed by atoms with Gasteiger partial charge in [-0.3, -0.25) is 9.59 Å². The first-order chi connectivity index (χ1) is 15.6. The third-order valence-electron chi connectivity index (χ3n) is 5.05. The number of hydrogen-bond donors (Lipinski definition) is 1. The van der Waals surface area contributed by atoms with E-state index in [4.69, 9.17) is 14.2 Å². The number of ether oxygens (including phenoxy) is 3. The van der Waals surface area contributed by atoms with Crippen LogP contribution in [0, 0.1) is 0 Å². The van der Waals surface area contributed by atoms with Gasteiger partial charge in [0.25, 0.3) is 11.8 Å². The van der Waals surface area contributed by atoms with E-state index in [0.717, 1.165) is 11.5 Å². The molecular formula is C25H24N2O5. The van der Waals surface area contributed by atoms with Crippen molar-refractivity contribution >= 4 is 23.2 Å².